The van der Waals surface area contributed by atoms with Gasteiger partial charge in [-0.1, -0.05) is 12.5 Å². The summed E-state index contributed by atoms with van der Waals surface area (Å²) in [6, 6.07) is 0. The van der Waals surface area contributed by atoms with Crippen molar-refractivity contribution in [3.63, 3.8) is 0 Å². The van der Waals surface area contributed by atoms with Crippen LogP contribution in [0.4, 0.5) is 0 Å². The Balaban J connectivity index is 0. The van der Waals surface area contributed by atoms with Gasteiger partial charge in [-0.05, 0) is 20.3 Å². The first-order chi connectivity index (χ1) is 8.40. The zero-order valence-corrected chi connectivity index (χ0v) is 11.2. The van der Waals surface area contributed by atoms with Crippen molar-refractivity contribution in [2.24, 2.45) is 0 Å². The van der Waals surface area contributed by atoms with Gasteiger partial charge >= 0.3 is 5.97 Å². The van der Waals surface area contributed by atoms with E-state index < -0.39 is 12.1 Å². The maximum absolute atomic E-state index is 10.6. The average molecular weight is 264 g/mol. The summed E-state index contributed by atoms with van der Waals surface area (Å²) in [6.07, 6.45) is -0.0413. The average Bonchev–Trinajstić information content (AvgIpc) is 2.33. The largest absolute Gasteiger partial charge is 0.478 e. The van der Waals surface area contributed by atoms with Crippen molar-refractivity contribution in [1.29, 1.82) is 0 Å². The topological polar surface area (TPSA) is 107 Å². The molecule has 0 radical (unpaired) electrons. The Labute approximate surface area is 108 Å². The van der Waals surface area contributed by atoms with Gasteiger partial charge in [-0.25, -0.2) is 4.79 Å². The summed E-state index contributed by atoms with van der Waals surface area (Å²) in [7, 11) is 0. The lowest BCUT2D eigenvalue weighted by Gasteiger charge is -2.04. The summed E-state index contributed by atoms with van der Waals surface area (Å²) in [5.74, 6) is -0.883. The van der Waals surface area contributed by atoms with Crippen LogP contribution in [0, 0.1) is 0 Å². The number of allylic oxidation sites excluding steroid dienone is 1. The number of hydrogen-bond donors (Lipinski definition) is 4. The number of rotatable bonds is 7. The van der Waals surface area contributed by atoms with E-state index in [2.05, 4.69) is 0 Å². The molecule has 0 spiro atoms. The maximum atomic E-state index is 10.6. The van der Waals surface area contributed by atoms with Crippen molar-refractivity contribution in [1.82, 2.24) is 0 Å². The number of aliphatic hydroxyl groups excluding tert-OH is 3. The number of carboxylic acid groups (broad SMARTS) is 1. The molecule has 0 saturated heterocycles. The molecule has 0 atom stereocenters. The highest BCUT2D eigenvalue weighted by Gasteiger charge is 2.08. The van der Waals surface area contributed by atoms with Crippen LogP contribution in [0.2, 0.25) is 0 Å². The summed E-state index contributed by atoms with van der Waals surface area (Å²) in [5.41, 5.74) is 1.17. The molecular formula is C12H24O6. The summed E-state index contributed by atoms with van der Waals surface area (Å²) in [5, 5.41) is 32.7. The van der Waals surface area contributed by atoms with Crippen LogP contribution in [0.25, 0.3) is 0 Å². The highest BCUT2D eigenvalue weighted by Crippen LogP contribution is 2.04. The first-order valence-electron chi connectivity index (χ1n) is 5.77. The molecule has 6 nitrogen and oxygen atoms in total. The van der Waals surface area contributed by atoms with Gasteiger partial charge in [-0.15, -0.1) is 0 Å². The minimum absolute atomic E-state index is 0.214. The van der Waals surface area contributed by atoms with Gasteiger partial charge in [0.1, 0.15) is 6.10 Å². The SMILES string of the molecule is CCCOCC(C(=O)O)=C(C)C.OCC(O)CO. The minimum Gasteiger partial charge on any atom is -0.478 e. The number of aliphatic hydroxyl groups is 3. The van der Waals surface area contributed by atoms with Crippen LogP contribution in [0.5, 0.6) is 0 Å². The minimum atomic E-state index is -0.954. The Morgan fingerprint density at radius 1 is 1.22 bits per heavy atom. The molecule has 0 aliphatic heterocycles. The van der Waals surface area contributed by atoms with Crippen LogP contribution in [-0.2, 0) is 9.53 Å². The fraction of sp³-hybridized carbons (Fsp3) is 0.750. The molecule has 0 aromatic heterocycles. The lowest BCUT2D eigenvalue weighted by molar-refractivity contribution is -0.133. The molecule has 0 amide bonds. The molecule has 4 N–H and O–H groups in total. The van der Waals surface area contributed by atoms with E-state index in [0.29, 0.717) is 12.2 Å². The number of aliphatic carboxylic acids is 1. The molecule has 0 aromatic carbocycles. The fourth-order valence-electron chi connectivity index (χ4n) is 0.796. The molecule has 0 rings (SSSR count). The van der Waals surface area contributed by atoms with Gasteiger partial charge in [-0.2, -0.15) is 0 Å². The first-order valence-corrected chi connectivity index (χ1v) is 5.77. The molecule has 0 fully saturated rings. The molecule has 0 bridgehead atoms. The third-order valence-corrected chi connectivity index (χ3v) is 1.88. The Morgan fingerprint density at radius 3 is 1.94 bits per heavy atom. The summed E-state index contributed by atoms with van der Waals surface area (Å²) < 4.78 is 5.13. The van der Waals surface area contributed by atoms with Crippen LogP contribution in [0.15, 0.2) is 11.1 Å². The highest BCUT2D eigenvalue weighted by molar-refractivity contribution is 5.87. The van der Waals surface area contributed by atoms with Gasteiger partial charge in [0.25, 0.3) is 0 Å². The van der Waals surface area contributed by atoms with Gasteiger partial charge in [0.2, 0.25) is 0 Å². The van der Waals surface area contributed by atoms with Gasteiger partial charge < -0.3 is 25.2 Å². The molecular weight excluding hydrogens is 240 g/mol. The second-order valence-electron chi connectivity index (χ2n) is 3.86. The zero-order valence-electron chi connectivity index (χ0n) is 11.2. The second-order valence-corrected chi connectivity index (χ2v) is 3.86. The molecule has 18 heavy (non-hydrogen) atoms. The summed E-state index contributed by atoms with van der Waals surface area (Å²) >= 11 is 0. The van der Waals surface area contributed by atoms with Crippen molar-refractivity contribution in [2.45, 2.75) is 33.3 Å². The predicted octanol–water partition coefficient (Wildman–Crippen LogP) is 0.166. The fourth-order valence-corrected chi connectivity index (χ4v) is 0.796. The van der Waals surface area contributed by atoms with Crippen LogP contribution in [-0.4, -0.2) is 58.9 Å². The molecule has 0 aliphatic rings. The van der Waals surface area contributed by atoms with E-state index in [4.69, 9.17) is 25.2 Å². The van der Waals surface area contributed by atoms with E-state index >= 15 is 0 Å². The van der Waals surface area contributed by atoms with Crippen molar-refractivity contribution in [3.8, 4) is 0 Å². The third kappa shape index (κ3) is 11.5. The van der Waals surface area contributed by atoms with Gasteiger partial charge in [-0.3, -0.25) is 0 Å². The molecule has 0 aromatic rings. The first kappa shape index (κ1) is 19.4. The maximum Gasteiger partial charge on any atom is 0.333 e. The molecule has 108 valence electrons. The van der Waals surface area contributed by atoms with E-state index in [1.165, 1.54) is 0 Å². The standard InChI is InChI=1S/C9H16O3.C3H8O3/c1-4-5-12-6-8(7(2)3)9(10)11;4-1-3(6)2-5/h4-6H2,1-3H3,(H,10,11);3-6H,1-2H2. The van der Waals surface area contributed by atoms with Crippen LogP contribution in [0.1, 0.15) is 27.2 Å². The van der Waals surface area contributed by atoms with Gasteiger partial charge in [0, 0.05) is 6.61 Å². The van der Waals surface area contributed by atoms with Gasteiger partial charge in [0.15, 0.2) is 0 Å². The van der Waals surface area contributed by atoms with E-state index in [1.807, 2.05) is 6.92 Å². The van der Waals surface area contributed by atoms with E-state index in [9.17, 15) is 4.79 Å². The monoisotopic (exact) mass is 264 g/mol. The predicted molar refractivity (Wildman–Crippen MR) is 67.3 cm³/mol. The van der Waals surface area contributed by atoms with Crippen molar-refractivity contribution in [3.05, 3.63) is 11.1 Å². The lowest BCUT2D eigenvalue weighted by Crippen LogP contribution is -2.15. The van der Waals surface area contributed by atoms with Crippen LogP contribution < -0.4 is 0 Å². The molecule has 0 saturated carbocycles. The number of ether oxygens (including phenoxy) is 1. The highest BCUT2D eigenvalue weighted by atomic mass is 16.5. The van der Waals surface area contributed by atoms with Crippen LogP contribution >= 0.6 is 0 Å². The Kier molecular flexibility index (Phi) is 13.5. The Hall–Kier alpha value is -0.950. The summed E-state index contributed by atoms with van der Waals surface area (Å²) in [4.78, 5) is 10.6. The molecule has 0 heterocycles. The Morgan fingerprint density at radius 2 is 1.72 bits per heavy atom. The van der Waals surface area contributed by atoms with Crippen LogP contribution in [0.3, 0.4) is 0 Å². The lowest BCUT2D eigenvalue weighted by atomic mass is 10.2. The quantitative estimate of drug-likeness (QED) is 0.385. The number of carbonyl (C=O) groups is 1. The molecule has 0 aliphatic carbocycles. The second kappa shape index (κ2) is 12.5. The van der Waals surface area contributed by atoms with E-state index in [1.54, 1.807) is 13.8 Å². The number of hydrogen-bond acceptors (Lipinski definition) is 5. The van der Waals surface area contributed by atoms with Crippen molar-refractivity contribution >= 4 is 5.97 Å². The Bertz CT molecular complexity index is 241. The van der Waals surface area contributed by atoms with Gasteiger partial charge in [0.05, 0.1) is 25.4 Å². The van der Waals surface area contributed by atoms with Crippen molar-refractivity contribution < 1.29 is 30.0 Å². The molecule has 6 heteroatoms. The summed E-state index contributed by atoms with van der Waals surface area (Å²) in [6.45, 7) is 5.64. The molecule has 0 unspecified atom stereocenters. The van der Waals surface area contributed by atoms with E-state index in [-0.39, 0.29) is 19.8 Å². The zero-order chi connectivity index (χ0) is 14.6. The normalized spacial score (nSPS) is 9.72. The van der Waals surface area contributed by atoms with Crippen molar-refractivity contribution in [2.75, 3.05) is 26.4 Å². The number of carboxylic acids is 1. The smallest absolute Gasteiger partial charge is 0.333 e. The van der Waals surface area contributed by atoms with E-state index in [0.717, 1.165) is 12.0 Å². The third-order valence-electron chi connectivity index (χ3n) is 1.88.